The largest absolute Gasteiger partial charge is 0.497 e. The first-order valence-corrected chi connectivity index (χ1v) is 6.12. The lowest BCUT2D eigenvalue weighted by Crippen LogP contribution is -2.00. The number of ether oxygens (including phenoxy) is 2. The normalized spacial score (nSPS) is 12.0. The van der Waals surface area contributed by atoms with Gasteiger partial charge >= 0.3 is 0 Å². The van der Waals surface area contributed by atoms with E-state index in [4.69, 9.17) is 9.47 Å². The van der Waals surface area contributed by atoms with Crippen molar-refractivity contribution in [3.8, 4) is 11.5 Å². The molecule has 2 aromatic carbocycles. The van der Waals surface area contributed by atoms with E-state index in [9.17, 15) is 5.11 Å². The summed E-state index contributed by atoms with van der Waals surface area (Å²) in [6.45, 7) is 1.97. The van der Waals surface area contributed by atoms with Crippen molar-refractivity contribution in [3.05, 3.63) is 59.2 Å². The third-order valence-corrected chi connectivity index (χ3v) is 3.18. The van der Waals surface area contributed by atoms with E-state index >= 15 is 0 Å². The van der Waals surface area contributed by atoms with Crippen LogP contribution in [0.1, 0.15) is 22.8 Å². The molecule has 0 spiro atoms. The molecule has 0 aliphatic rings. The zero-order chi connectivity index (χ0) is 13.8. The number of hydrogen-bond donors (Lipinski definition) is 1. The Balaban J connectivity index is 2.29. The molecule has 0 radical (unpaired) electrons. The molecular weight excluding hydrogens is 240 g/mol. The highest BCUT2D eigenvalue weighted by Gasteiger charge is 2.12. The average molecular weight is 258 g/mol. The van der Waals surface area contributed by atoms with E-state index in [1.807, 2.05) is 49.4 Å². The molecule has 0 fully saturated rings. The number of rotatable bonds is 4. The van der Waals surface area contributed by atoms with Gasteiger partial charge in [0.25, 0.3) is 0 Å². The van der Waals surface area contributed by atoms with E-state index in [1.54, 1.807) is 14.2 Å². The summed E-state index contributed by atoms with van der Waals surface area (Å²) in [7, 11) is 3.25. The Morgan fingerprint density at radius 2 is 1.53 bits per heavy atom. The highest BCUT2D eigenvalue weighted by atomic mass is 16.5. The van der Waals surface area contributed by atoms with Gasteiger partial charge < -0.3 is 14.6 Å². The Kier molecular flexibility index (Phi) is 4.07. The van der Waals surface area contributed by atoms with Crippen LogP contribution in [0.2, 0.25) is 0 Å². The molecule has 2 aromatic rings. The van der Waals surface area contributed by atoms with Crippen LogP contribution >= 0.6 is 0 Å². The van der Waals surface area contributed by atoms with Gasteiger partial charge in [-0.25, -0.2) is 0 Å². The van der Waals surface area contributed by atoms with Crippen molar-refractivity contribution in [2.24, 2.45) is 0 Å². The zero-order valence-electron chi connectivity index (χ0n) is 11.4. The van der Waals surface area contributed by atoms with Crippen LogP contribution in [0.5, 0.6) is 11.5 Å². The monoisotopic (exact) mass is 258 g/mol. The minimum atomic E-state index is -0.666. The second-order valence-corrected chi connectivity index (χ2v) is 4.40. The number of methoxy groups -OCH3 is 2. The van der Waals surface area contributed by atoms with Crippen LogP contribution in [-0.2, 0) is 0 Å². The zero-order valence-corrected chi connectivity index (χ0v) is 11.4. The van der Waals surface area contributed by atoms with E-state index in [-0.39, 0.29) is 0 Å². The minimum absolute atomic E-state index is 0.666. The van der Waals surface area contributed by atoms with Crippen LogP contribution in [0, 0.1) is 6.92 Å². The number of aryl methyl sites for hydroxylation is 1. The number of aliphatic hydroxyl groups excluding tert-OH is 1. The first kappa shape index (κ1) is 13.4. The molecule has 3 heteroatoms. The van der Waals surface area contributed by atoms with Gasteiger partial charge in [0, 0.05) is 0 Å². The van der Waals surface area contributed by atoms with Crippen molar-refractivity contribution in [1.82, 2.24) is 0 Å². The van der Waals surface area contributed by atoms with Crippen LogP contribution in [0.25, 0.3) is 0 Å². The molecule has 2 rings (SSSR count). The van der Waals surface area contributed by atoms with Crippen LogP contribution in [0.4, 0.5) is 0 Å². The number of aliphatic hydroxyl groups is 1. The summed E-state index contributed by atoms with van der Waals surface area (Å²) in [6, 6.07) is 13.1. The average Bonchev–Trinajstić information content (AvgIpc) is 2.47. The summed E-state index contributed by atoms with van der Waals surface area (Å²) < 4.78 is 10.4. The maximum absolute atomic E-state index is 10.4. The summed E-state index contributed by atoms with van der Waals surface area (Å²) in [5, 5.41) is 10.4. The lowest BCUT2D eigenvalue weighted by molar-refractivity contribution is 0.219. The fourth-order valence-corrected chi connectivity index (χ4v) is 1.99. The molecular formula is C16H18O3. The van der Waals surface area contributed by atoms with Crippen molar-refractivity contribution in [1.29, 1.82) is 0 Å². The van der Waals surface area contributed by atoms with Gasteiger partial charge in [0.05, 0.1) is 14.2 Å². The third-order valence-electron chi connectivity index (χ3n) is 3.18. The summed E-state index contributed by atoms with van der Waals surface area (Å²) in [5.41, 5.74) is 2.69. The first-order valence-electron chi connectivity index (χ1n) is 6.12. The maximum atomic E-state index is 10.4. The van der Waals surface area contributed by atoms with Crippen molar-refractivity contribution in [2.45, 2.75) is 13.0 Å². The van der Waals surface area contributed by atoms with Crippen molar-refractivity contribution >= 4 is 0 Å². The molecule has 0 aromatic heterocycles. The molecule has 1 N–H and O–H groups in total. The summed E-state index contributed by atoms with van der Waals surface area (Å²) >= 11 is 0. The standard InChI is InChI=1S/C16H18O3/c1-11-4-5-13(10-15(11)19-3)16(17)12-6-8-14(18-2)9-7-12/h4-10,16-17H,1-3H3. The van der Waals surface area contributed by atoms with Gasteiger partial charge in [-0.2, -0.15) is 0 Å². The van der Waals surface area contributed by atoms with Crippen molar-refractivity contribution in [3.63, 3.8) is 0 Å². The molecule has 0 heterocycles. The van der Waals surface area contributed by atoms with E-state index in [0.717, 1.165) is 28.2 Å². The van der Waals surface area contributed by atoms with E-state index < -0.39 is 6.10 Å². The topological polar surface area (TPSA) is 38.7 Å². The number of hydrogen-bond acceptors (Lipinski definition) is 3. The highest BCUT2D eigenvalue weighted by Crippen LogP contribution is 2.28. The second kappa shape index (κ2) is 5.76. The lowest BCUT2D eigenvalue weighted by Gasteiger charge is -2.14. The molecule has 0 saturated carbocycles. The Bertz CT molecular complexity index is 546. The summed E-state index contributed by atoms with van der Waals surface area (Å²) in [4.78, 5) is 0. The van der Waals surface area contributed by atoms with Gasteiger partial charge in [0.15, 0.2) is 0 Å². The quantitative estimate of drug-likeness (QED) is 0.915. The minimum Gasteiger partial charge on any atom is -0.497 e. The Morgan fingerprint density at radius 1 is 0.895 bits per heavy atom. The van der Waals surface area contributed by atoms with Gasteiger partial charge in [0.2, 0.25) is 0 Å². The molecule has 0 amide bonds. The van der Waals surface area contributed by atoms with Gasteiger partial charge in [-0.05, 0) is 41.8 Å². The van der Waals surface area contributed by atoms with E-state index in [2.05, 4.69) is 0 Å². The Morgan fingerprint density at radius 3 is 2.11 bits per heavy atom. The van der Waals surface area contributed by atoms with Gasteiger partial charge in [0.1, 0.15) is 17.6 Å². The predicted molar refractivity (Wildman–Crippen MR) is 74.8 cm³/mol. The fourth-order valence-electron chi connectivity index (χ4n) is 1.99. The third kappa shape index (κ3) is 2.88. The first-order chi connectivity index (χ1) is 9.15. The van der Waals surface area contributed by atoms with Crippen molar-refractivity contribution < 1.29 is 14.6 Å². The fraction of sp³-hybridized carbons (Fsp3) is 0.250. The van der Waals surface area contributed by atoms with Crippen LogP contribution in [0.3, 0.4) is 0 Å². The molecule has 19 heavy (non-hydrogen) atoms. The molecule has 3 nitrogen and oxygen atoms in total. The SMILES string of the molecule is COc1ccc(C(O)c2ccc(C)c(OC)c2)cc1. The molecule has 1 atom stereocenters. The Labute approximate surface area is 113 Å². The van der Waals surface area contributed by atoms with Crippen LogP contribution in [0.15, 0.2) is 42.5 Å². The highest BCUT2D eigenvalue weighted by molar-refractivity contribution is 5.41. The molecule has 0 bridgehead atoms. The van der Waals surface area contributed by atoms with Gasteiger partial charge in [-0.15, -0.1) is 0 Å². The molecule has 0 aliphatic heterocycles. The predicted octanol–water partition coefficient (Wildman–Crippen LogP) is 3.09. The van der Waals surface area contributed by atoms with Gasteiger partial charge in [-0.3, -0.25) is 0 Å². The van der Waals surface area contributed by atoms with Gasteiger partial charge in [-0.1, -0.05) is 24.3 Å². The van der Waals surface area contributed by atoms with E-state index in [1.165, 1.54) is 0 Å². The molecule has 1 unspecified atom stereocenters. The number of benzene rings is 2. The second-order valence-electron chi connectivity index (χ2n) is 4.40. The molecule has 100 valence electrons. The smallest absolute Gasteiger partial charge is 0.122 e. The maximum Gasteiger partial charge on any atom is 0.122 e. The van der Waals surface area contributed by atoms with Crippen molar-refractivity contribution in [2.75, 3.05) is 14.2 Å². The van der Waals surface area contributed by atoms with Crippen LogP contribution in [-0.4, -0.2) is 19.3 Å². The van der Waals surface area contributed by atoms with Crippen LogP contribution < -0.4 is 9.47 Å². The summed E-state index contributed by atoms with van der Waals surface area (Å²) in [5.74, 6) is 1.56. The van der Waals surface area contributed by atoms with E-state index in [0.29, 0.717) is 0 Å². The molecule has 0 saturated heterocycles. The Hall–Kier alpha value is -2.00. The molecule has 0 aliphatic carbocycles. The summed E-state index contributed by atoms with van der Waals surface area (Å²) in [6.07, 6.45) is -0.666. The lowest BCUT2D eigenvalue weighted by atomic mass is 10.00.